The quantitative estimate of drug-likeness (QED) is 0.759. The fourth-order valence-corrected chi connectivity index (χ4v) is 2.96. The van der Waals surface area contributed by atoms with Gasteiger partial charge in [0.2, 0.25) is 0 Å². The van der Waals surface area contributed by atoms with Crippen LogP contribution in [0.15, 0.2) is 23.6 Å². The maximum absolute atomic E-state index is 11.7. The Kier molecular flexibility index (Phi) is 3.73. The summed E-state index contributed by atoms with van der Waals surface area (Å²) in [5.41, 5.74) is 3.94. The minimum Gasteiger partial charge on any atom is -0.465 e. The number of carbonyl (C=O) groups excluding carboxylic acids is 1. The van der Waals surface area contributed by atoms with Crippen LogP contribution in [0, 0.1) is 13.8 Å². The standard InChI is InChI=1S/C14H13ClO2S/c1-8-4-5-10(6-11(8)15)12-9(2)7-18-13(12)14(16)17-3/h4-7H,1-3H3. The molecule has 0 radical (unpaired) electrons. The zero-order valence-corrected chi connectivity index (χ0v) is 12.0. The molecule has 0 aliphatic carbocycles. The summed E-state index contributed by atoms with van der Waals surface area (Å²) in [6, 6.07) is 5.82. The molecule has 18 heavy (non-hydrogen) atoms. The average molecular weight is 281 g/mol. The van der Waals surface area contributed by atoms with Gasteiger partial charge in [0.25, 0.3) is 0 Å². The summed E-state index contributed by atoms with van der Waals surface area (Å²) in [5, 5.41) is 2.66. The molecule has 0 bridgehead atoms. The Morgan fingerprint density at radius 1 is 1.28 bits per heavy atom. The van der Waals surface area contributed by atoms with Crippen molar-refractivity contribution >= 4 is 28.9 Å². The summed E-state index contributed by atoms with van der Waals surface area (Å²) in [6.45, 7) is 3.93. The SMILES string of the molecule is COC(=O)c1scc(C)c1-c1ccc(C)c(Cl)c1. The summed E-state index contributed by atoms with van der Waals surface area (Å²) >= 11 is 7.53. The second-order valence-corrected chi connectivity index (χ2v) is 5.37. The van der Waals surface area contributed by atoms with E-state index in [1.807, 2.05) is 37.4 Å². The van der Waals surface area contributed by atoms with Crippen LogP contribution in [0.1, 0.15) is 20.8 Å². The van der Waals surface area contributed by atoms with E-state index >= 15 is 0 Å². The molecule has 0 amide bonds. The molecule has 1 aromatic carbocycles. The molecule has 0 saturated carbocycles. The number of benzene rings is 1. The number of aryl methyl sites for hydroxylation is 2. The Morgan fingerprint density at radius 2 is 2.00 bits per heavy atom. The van der Waals surface area contributed by atoms with E-state index in [9.17, 15) is 4.79 Å². The van der Waals surface area contributed by atoms with Gasteiger partial charge in [0.05, 0.1) is 7.11 Å². The van der Waals surface area contributed by atoms with Gasteiger partial charge in [-0.25, -0.2) is 4.79 Å². The number of hydrogen-bond acceptors (Lipinski definition) is 3. The third-order valence-electron chi connectivity index (χ3n) is 2.81. The molecule has 2 nitrogen and oxygen atoms in total. The maximum atomic E-state index is 11.7. The van der Waals surface area contributed by atoms with Gasteiger partial charge < -0.3 is 4.74 Å². The third kappa shape index (κ3) is 2.28. The number of rotatable bonds is 2. The molecule has 94 valence electrons. The topological polar surface area (TPSA) is 26.3 Å². The van der Waals surface area contributed by atoms with Crippen LogP contribution in [0.4, 0.5) is 0 Å². The lowest BCUT2D eigenvalue weighted by molar-refractivity contribution is 0.0607. The van der Waals surface area contributed by atoms with Gasteiger partial charge in [0.15, 0.2) is 0 Å². The summed E-state index contributed by atoms with van der Waals surface area (Å²) in [4.78, 5) is 12.3. The Hall–Kier alpha value is -1.32. The second kappa shape index (κ2) is 5.12. The zero-order valence-electron chi connectivity index (χ0n) is 10.4. The number of ether oxygens (including phenoxy) is 1. The first kappa shape index (κ1) is 13.1. The molecule has 2 aromatic rings. The first-order valence-corrected chi connectivity index (χ1v) is 6.73. The van der Waals surface area contributed by atoms with Crippen molar-refractivity contribution in [2.45, 2.75) is 13.8 Å². The second-order valence-electron chi connectivity index (χ2n) is 4.08. The molecule has 0 aliphatic heterocycles. The van der Waals surface area contributed by atoms with Crippen LogP contribution in [0.5, 0.6) is 0 Å². The average Bonchev–Trinajstić information content (AvgIpc) is 2.74. The van der Waals surface area contributed by atoms with Gasteiger partial charge in [-0.2, -0.15) is 0 Å². The van der Waals surface area contributed by atoms with Gasteiger partial charge in [-0.05, 0) is 42.0 Å². The fourth-order valence-electron chi connectivity index (χ4n) is 1.79. The molecule has 2 rings (SSSR count). The van der Waals surface area contributed by atoms with Crippen molar-refractivity contribution in [2.75, 3.05) is 7.11 Å². The molecule has 0 saturated heterocycles. The van der Waals surface area contributed by atoms with Crippen molar-refractivity contribution < 1.29 is 9.53 Å². The van der Waals surface area contributed by atoms with Crippen LogP contribution in [0.25, 0.3) is 11.1 Å². The van der Waals surface area contributed by atoms with E-state index in [-0.39, 0.29) is 5.97 Å². The lowest BCUT2D eigenvalue weighted by Gasteiger charge is -2.06. The van der Waals surface area contributed by atoms with Crippen LogP contribution in [0.3, 0.4) is 0 Å². The third-order valence-corrected chi connectivity index (χ3v) is 4.29. The molecule has 0 fully saturated rings. The molecule has 1 aromatic heterocycles. The highest BCUT2D eigenvalue weighted by atomic mass is 35.5. The Morgan fingerprint density at radius 3 is 2.61 bits per heavy atom. The number of carbonyl (C=O) groups is 1. The molecule has 0 spiro atoms. The van der Waals surface area contributed by atoms with Crippen LogP contribution in [-0.4, -0.2) is 13.1 Å². The predicted molar refractivity (Wildman–Crippen MR) is 75.6 cm³/mol. The van der Waals surface area contributed by atoms with Gasteiger partial charge in [-0.1, -0.05) is 23.7 Å². The van der Waals surface area contributed by atoms with Gasteiger partial charge in [0.1, 0.15) is 4.88 Å². The van der Waals surface area contributed by atoms with E-state index in [2.05, 4.69) is 0 Å². The molecule has 0 unspecified atom stereocenters. The predicted octanol–water partition coefficient (Wildman–Crippen LogP) is 4.47. The van der Waals surface area contributed by atoms with Gasteiger partial charge in [-0.15, -0.1) is 11.3 Å². The van der Waals surface area contributed by atoms with E-state index in [0.717, 1.165) is 22.3 Å². The van der Waals surface area contributed by atoms with Crippen LogP contribution >= 0.6 is 22.9 Å². The molecular formula is C14H13ClO2S. The van der Waals surface area contributed by atoms with Crippen molar-refractivity contribution in [3.05, 3.63) is 44.6 Å². The lowest BCUT2D eigenvalue weighted by atomic mass is 10.0. The number of hydrogen-bond donors (Lipinski definition) is 0. The zero-order chi connectivity index (χ0) is 13.3. The van der Waals surface area contributed by atoms with Crippen LogP contribution in [0.2, 0.25) is 5.02 Å². The van der Waals surface area contributed by atoms with Crippen LogP contribution < -0.4 is 0 Å². The Bertz CT molecular complexity index is 602. The minimum absolute atomic E-state index is 0.306. The van der Waals surface area contributed by atoms with Crippen molar-refractivity contribution in [3.8, 4) is 11.1 Å². The molecule has 4 heteroatoms. The number of methoxy groups -OCH3 is 1. The highest BCUT2D eigenvalue weighted by Gasteiger charge is 2.18. The molecule has 0 atom stereocenters. The maximum Gasteiger partial charge on any atom is 0.348 e. The number of halogens is 1. The largest absolute Gasteiger partial charge is 0.465 e. The summed E-state index contributed by atoms with van der Waals surface area (Å²) in [7, 11) is 1.39. The van der Waals surface area contributed by atoms with Crippen molar-refractivity contribution in [2.24, 2.45) is 0 Å². The van der Waals surface area contributed by atoms with Crippen LogP contribution in [-0.2, 0) is 4.74 Å². The van der Waals surface area contributed by atoms with Gasteiger partial charge in [0, 0.05) is 10.6 Å². The van der Waals surface area contributed by atoms with E-state index in [1.54, 1.807) is 0 Å². The molecule has 0 aliphatic rings. The summed E-state index contributed by atoms with van der Waals surface area (Å²) in [5.74, 6) is -0.306. The lowest BCUT2D eigenvalue weighted by Crippen LogP contribution is -2.00. The molecule has 1 heterocycles. The summed E-state index contributed by atoms with van der Waals surface area (Å²) < 4.78 is 4.80. The number of thiophene rings is 1. The van der Waals surface area contributed by atoms with E-state index < -0.39 is 0 Å². The normalized spacial score (nSPS) is 10.4. The number of esters is 1. The first-order chi connectivity index (χ1) is 8.54. The van der Waals surface area contributed by atoms with Gasteiger partial charge in [-0.3, -0.25) is 0 Å². The monoisotopic (exact) mass is 280 g/mol. The van der Waals surface area contributed by atoms with Gasteiger partial charge >= 0.3 is 5.97 Å². The first-order valence-electron chi connectivity index (χ1n) is 5.47. The fraction of sp³-hybridized carbons (Fsp3) is 0.214. The van der Waals surface area contributed by atoms with E-state index in [4.69, 9.17) is 16.3 Å². The smallest absolute Gasteiger partial charge is 0.348 e. The highest BCUT2D eigenvalue weighted by Crippen LogP contribution is 2.34. The van der Waals surface area contributed by atoms with E-state index in [1.165, 1.54) is 18.4 Å². The van der Waals surface area contributed by atoms with Crippen molar-refractivity contribution in [1.82, 2.24) is 0 Å². The molecule has 0 N–H and O–H groups in total. The Balaban J connectivity index is 2.59. The minimum atomic E-state index is -0.306. The van der Waals surface area contributed by atoms with Crippen molar-refractivity contribution in [1.29, 1.82) is 0 Å². The van der Waals surface area contributed by atoms with E-state index in [0.29, 0.717) is 9.90 Å². The van der Waals surface area contributed by atoms with Crippen molar-refractivity contribution in [3.63, 3.8) is 0 Å². The molecular weight excluding hydrogens is 268 g/mol. The highest BCUT2D eigenvalue weighted by molar-refractivity contribution is 7.12. The summed E-state index contributed by atoms with van der Waals surface area (Å²) in [6.07, 6.45) is 0. The Labute approximate surface area is 115 Å².